The van der Waals surface area contributed by atoms with Gasteiger partial charge in [0.05, 0.1) is 34.4 Å². The van der Waals surface area contributed by atoms with E-state index in [0.717, 1.165) is 12.8 Å². The fourth-order valence-electron chi connectivity index (χ4n) is 5.64. The molecule has 0 fully saturated rings. The molecular weight excluding hydrogens is 637 g/mol. The van der Waals surface area contributed by atoms with E-state index in [4.69, 9.17) is 18.5 Å². The first-order chi connectivity index (χ1) is 23.6. The molecule has 0 aliphatic heterocycles. The van der Waals surface area contributed by atoms with E-state index in [0.29, 0.717) is 24.1 Å². The van der Waals surface area contributed by atoms with Gasteiger partial charge in [-0.05, 0) is 38.5 Å². The largest absolute Gasteiger partial charge is 0.756 e. The van der Waals surface area contributed by atoms with Crippen molar-refractivity contribution in [3.8, 4) is 0 Å². The highest BCUT2D eigenvalue weighted by atomic mass is 31.2. The SMILES string of the molecule is CCCCCCCCCC/C=C\CCCCCCCCCCCCCCCCOCC(COP(=O)([O-])OCC[N+](C)(C)C)OC(=O)CCC. The smallest absolute Gasteiger partial charge is 0.306 e. The van der Waals surface area contributed by atoms with Crippen LogP contribution in [0, 0.1) is 0 Å². The normalized spacial score (nSPS) is 14.0. The third-order valence-electron chi connectivity index (χ3n) is 8.79. The number of carbonyl (C=O) groups excluding carboxylic acids is 1. The van der Waals surface area contributed by atoms with Crippen molar-refractivity contribution in [1.29, 1.82) is 0 Å². The molecule has 0 aliphatic rings. The van der Waals surface area contributed by atoms with Gasteiger partial charge < -0.3 is 27.9 Å². The number of quaternary nitrogens is 1. The summed E-state index contributed by atoms with van der Waals surface area (Å²) in [6.07, 6.45) is 36.9. The third-order valence-corrected chi connectivity index (χ3v) is 9.75. The summed E-state index contributed by atoms with van der Waals surface area (Å²) in [5, 5.41) is 0. The maximum Gasteiger partial charge on any atom is 0.306 e. The molecule has 8 nitrogen and oxygen atoms in total. The summed E-state index contributed by atoms with van der Waals surface area (Å²) in [6, 6.07) is 0. The second kappa shape index (κ2) is 34.3. The molecule has 0 saturated heterocycles. The molecule has 0 bridgehead atoms. The van der Waals surface area contributed by atoms with Crippen LogP contribution in [0.1, 0.15) is 181 Å². The van der Waals surface area contributed by atoms with E-state index in [1.807, 2.05) is 28.1 Å². The summed E-state index contributed by atoms with van der Waals surface area (Å²) in [5.41, 5.74) is 0. The standard InChI is InChI=1S/C40H80NO7P/c1-6-8-9-10-11-12-13-14-15-16-17-18-19-20-21-22-23-24-25-26-27-28-29-30-31-32-35-45-37-39(48-40(42)33-7-2)38-47-49(43,44)46-36-34-41(3,4)5/h16-17,39H,6-15,18-38H2,1-5H3/b17-16-. The molecule has 0 rings (SSSR count). The van der Waals surface area contributed by atoms with Crippen LogP contribution in [0.15, 0.2) is 12.2 Å². The molecule has 0 aromatic rings. The minimum atomic E-state index is -4.49. The summed E-state index contributed by atoms with van der Waals surface area (Å²) in [6.45, 7) is 5.06. The zero-order valence-electron chi connectivity index (χ0n) is 32.9. The second-order valence-corrected chi connectivity index (χ2v) is 16.4. The number of likely N-dealkylation sites (N-methyl/N-ethyl adjacent to an activating group) is 1. The van der Waals surface area contributed by atoms with Crippen LogP contribution >= 0.6 is 7.82 Å². The van der Waals surface area contributed by atoms with Gasteiger partial charge in [0.2, 0.25) is 0 Å². The third kappa shape index (κ3) is 38.3. The van der Waals surface area contributed by atoms with Gasteiger partial charge in [-0.1, -0.05) is 148 Å². The first-order valence-electron chi connectivity index (χ1n) is 20.4. The predicted molar refractivity (Wildman–Crippen MR) is 204 cm³/mol. The lowest BCUT2D eigenvalue weighted by atomic mass is 10.0. The van der Waals surface area contributed by atoms with Gasteiger partial charge in [0.15, 0.2) is 0 Å². The van der Waals surface area contributed by atoms with Crippen LogP contribution in [0.3, 0.4) is 0 Å². The number of carbonyl (C=O) groups is 1. The molecule has 0 saturated carbocycles. The van der Waals surface area contributed by atoms with Crippen LogP contribution < -0.4 is 4.89 Å². The Kier molecular flexibility index (Phi) is 33.8. The van der Waals surface area contributed by atoms with Crippen molar-refractivity contribution in [2.75, 3.05) is 54.1 Å². The molecule has 0 spiro atoms. The first kappa shape index (κ1) is 48.2. The van der Waals surface area contributed by atoms with Crippen molar-refractivity contribution >= 4 is 13.8 Å². The Hall–Kier alpha value is -0.760. The van der Waals surface area contributed by atoms with Gasteiger partial charge in [-0.15, -0.1) is 0 Å². The Balaban J connectivity index is 3.65. The van der Waals surface area contributed by atoms with E-state index in [2.05, 4.69) is 19.1 Å². The molecule has 2 unspecified atom stereocenters. The summed E-state index contributed by atoms with van der Waals surface area (Å²) < 4.78 is 33.8. The van der Waals surface area contributed by atoms with Crippen molar-refractivity contribution in [2.24, 2.45) is 0 Å². The number of nitrogens with zero attached hydrogens (tertiary/aromatic N) is 1. The van der Waals surface area contributed by atoms with Gasteiger partial charge in [-0.25, -0.2) is 0 Å². The summed E-state index contributed by atoms with van der Waals surface area (Å²) in [5.74, 6) is -0.385. The minimum absolute atomic E-state index is 0.0269. The Morgan fingerprint density at radius 2 is 1.06 bits per heavy atom. The topological polar surface area (TPSA) is 94.1 Å². The molecule has 292 valence electrons. The zero-order valence-corrected chi connectivity index (χ0v) is 33.8. The number of esters is 1. The molecule has 49 heavy (non-hydrogen) atoms. The van der Waals surface area contributed by atoms with E-state index in [1.165, 1.54) is 141 Å². The molecule has 2 atom stereocenters. The van der Waals surface area contributed by atoms with Gasteiger partial charge in [0.1, 0.15) is 19.3 Å². The number of hydrogen-bond donors (Lipinski definition) is 0. The highest BCUT2D eigenvalue weighted by Gasteiger charge is 2.20. The number of unbranched alkanes of at least 4 members (excludes halogenated alkanes) is 22. The summed E-state index contributed by atoms with van der Waals surface area (Å²) in [4.78, 5) is 24.1. The number of rotatable bonds is 38. The number of hydrogen-bond acceptors (Lipinski definition) is 7. The van der Waals surface area contributed by atoms with Crippen LogP contribution in [0.4, 0.5) is 0 Å². The molecule has 0 aromatic heterocycles. The Morgan fingerprint density at radius 3 is 1.51 bits per heavy atom. The monoisotopic (exact) mass is 718 g/mol. The van der Waals surface area contributed by atoms with Crippen molar-refractivity contribution in [3.63, 3.8) is 0 Å². The number of phosphoric acid groups is 1. The number of allylic oxidation sites excluding steroid dienone is 2. The van der Waals surface area contributed by atoms with Crippen LogP contribution in [0.5, 0.6) is 0 Å². The number of ether oxygens (including phenoxy) is 2. The fraction of sp³-hybridized carbons (Fsp3) is 0.925. The van der Waals surface area contributed by atoms with E-state index >= 15 is 0 Å². The Morgan fingerprint density at radius 1 is 0.612 bits per heavy atom. The predicted octanol–water partition coefficient (Wildman–Crippen LogP) is 10.9. The molecule has 0 amide bonds. The quantitative estimate of drug-likeness (QED) is 0.0206. The van der Waals surface area contributed by atoms with Crippen molar-refractivity contribution in [2.45, 2.75) is 187 Å². The maximum absolute atomic E-state index is 12.1. The Bertz CT molecular complexity index is 802. The van der Waals surface area contributed by atoms with Crippen molar-refractivity contribution < 1.29 is 37.3 Å². The number of phosphoric ester groups is 1. The molecule has 0 N–H and O–H groups in total. The molecule has 0 aliphatic carbocycles. The molecule has 9 heteroatoms. The van der Waals surface area contributed by atoms with Gasteiger partial charge in [-0.2, -0.15) is 0 Å². The maximum atomic E-state index is 12.1. The van der Waals surface area contributed by atoms with E-state index in [1.54, 1.807) is 0 Å². The zero-order chi connectivity index (χ0) is 36.3. The second-order valence-electron chi connectivity index (χ2n) is 15.0. The molecule has 0 radical (unpaired) electrons. The molecule has 0 heterocycles. The van der Waals surface area contributed by atoms with E-state index in [-0.39, 0.29) is 32.2 Å². The van der Waals surface area contributed by atoms with Crippen LogP contribution in [0.25, 0.3) is 0 Å². The molecular formula is C40H80NO7P. The van der Waals surface area contributed by atoms with Crippen LogP contribution in [-0.4, -0.2) is 70.7 Å². The van der Waals surface area contributed by atoms with Crippen LogP contribution in [-0.2, 0) is 27.9 Å². The Labute approximate surface area is 303 Å². The van der Waals surface area contributed by atoms with Gasteiger partial charge in [0.25, 0.3) is 7.82 Å². The van der Waals surface area contributed by atoms with Crippen LogP contribution in [0.2, 0.25) is 0 Å². The summed E-state index contributed by atoms with van der Waals surface area (Å²) in [7, 11) is 1.36. The lowest BCUT2D eigenvalue weighted by Gasteiger charge is -2.28. The first-order valence-corrected chi connectivity index (χ1v) is 21.9. The lowest BCUT2D eigenvalue weighted by molar-refractivity contribution is -0.870. The van der Waals surface area contributed by atoms with E-state index in [9.17, 15) is 14.3 Å². The highest BCUT2D eigenvalue weighted by molar-refractivity contribution is 7.45. The minimum Gasteiger partial charge on any atom is -0.756 e. The lowest BCUT2D eigenvalue weighted by Crippen LogP contribution is -2.37. The molecule has 0 aromatic carbocycles. The average molecular weight is 718 g/mol. The van der Waals surface area contributed by atoms with Gasteiger partial charge in [0, 0.05) is 13.0 Å². The van der Waals surface area contributed by atoms with Gasteiger partial charge in [-0.3, -0.25) is 9.36 Å². The van der Waals surface area contributed by atoms with E-state index < -0.39 is 13.9 Å². The fourth-order valence-corrected chi connectivity index (χ4v) is 6.37. The summed E-state index contributed by atoms with van der Waals surface area (Å²) >= 11 is 0. The van der Waals surface area contributed by atoms with Crippen molar-refractivity contribution in [3.05, 3.63) is 12.2 Å². The average Bonchev–Trinajstić information content (AvgIpc) is 3.04. The van der Waals surface area contributed by atoms with Gasteiger partial charge >= 0.3 is 5.97 Å². The highest BCUT2D eigenvalue weighted by Crippen LogP contribution is 2.38. The van der Waals surface area contributed by atoms with Crippen molar-refractivity contribution in [1.82, 2.24) is 0 Å².